The van der Waals surface area contributed by atoms with Crippen LogP contribution >= 0.6 is 0 Å². The zero-order valence-corrected chi connectivity index (χ0v) is 14.4. The molecule has 7 nitrogen and oxygen atoms in total. The van der Waals surface area contributed by atoms with Crippen molar-refractivity contribution in [3.05, 3.63) is 47.0 Å². The van der Waals surface area contributed by atoms with Gasteiger partial charge in [-0.2, -0.15) is 4.31 Å². The first-order chi connectivity index (χ1) is 11.4. The molecule has 8 heteroatoms. The van der Waals surface area contributed by atoms with Crippen LogP contribution in [-0.4, -0.2) is 41.8 Å². The number of carbonyl (C=O) groups is 1. The van der Waals surface area contributed by atoms with Crippen molar-refractivity contribution in [3.8, 4) is 0 Å². The van der Waals surface area contributed by atoms with Gasteiger partial charge in [-0.1, -0.05) is 0 Å². The number of rotatable bonds is 4. The Hall–Kier alpha value is -2.19. The number of pyridine rings is 1. The van der Waals surface area contributed by atoms with E-state index in [-0.39, 0.29) is 17.2 Å². The SMILES string of the molecule is CCOC(=O)c1cc(S(=O)(=O)N2CCc3cnccc3C2)c(C)[nH]1. The minimum absolute atomic E-state index is 0.114. The Bertz CT molecular complexity index is 873. The van der Waals surface area contributed by atoms with Crippen molar-refractivity contribution < 1.29 is 17.9 Å². The van der Waals surface area contributed by atoms with E-state index in [0.29, 0.717) is 25.2 Å². The molecular formula is C16H19N3O4S. The minimum Gasteiger partial charge on any atom is -0.461 e. The number of nitrogens with zero attached hydrogens (tertiary/aromatic N) is 2. The summed E-state index contributed by atoms with van der Waals surface area (Å²) in [5.41, 5.74) is 2.61. The standard InChI is InChI=1S/C16H19N3O4S/c1-3-23-16(20)14-8-15(11(2)18-14)24(21,22)19-7-5-12-9-17-6-4-13(12)10-19/h4,6,8-9,18H,3,5,7,10H2,1-2H3. The van der Waals surface area contributed by atoms with Crippen molar-refractivity contribution in [3.63, 3.8) is 0 Å². The minimum atomic E-state index is -3.69. The average Bonchev–Trinajstić information content (AvgIpc) is 2.97. The number of sulfonamides is 1. The Balaban J connectivity index is 1.90. The van der Waals surface area contributed by atoms with Crippen molar-refractivity contribution in [2.45, 2.75) is 31.7 Å². The van der Waals surface area contributed by atoms with Crippen LogP contribution in [0.1, 0.15) is 34.2 Å². The Morgan fingerprint density at radius 2 is 2.21 bits per heavy atom. The van der Waals surface area contributed by atoms with E-state index in [1.807, 2.05) is 6.07 Å². The van der Waals surface area contributed by atoms with Crippen LogP contribution in [0, 0.1) is 6.92 Å². The molecule has 0 bridgehead atoms. The number of fused-ring (bicyclic) bond motifs is 1. The topological polar surface area (TPSA) is 92.4 Å². The number of esters is 1. The molecule has 1 N–H and O–H groups in total. The van der Waals surface area contributed by atoms with Crippen LogP contribution in [0.4, 0.5) is 0 Å². The predicted octanol–water partition coefficient (Wildman–Crippen LogP) is 1.64. The quantitative estimate of drug-likeness (QED) is 0.847. The molecule has 0 fully saturated rings. The second-order valence-corrected chi connectivity index (χ2v) is 7.53. The number of nitrogens with one attached hydrogen (secondary N) is 1. The number of hydrogen-bond acceptors (Lipinski definition) is 5. The smallest absolute Gasteiger partial charge is 0.354 e. The molecule has 2 aromatic heterocycles. The molecule has 1 aliphatic heterocycles. The Labute approximate surface area is 140 Å². The number of aromatic amines is 1. The molecule has 0 radical (unpaired) electrons. The van der Waals surface area contributed by atoms with Gasteiger partial charge in [0.2, 0.25) is 10.0 Å². The third-order valence-corrected chi connectivity index (χ3v) is 6.03. The summed E-state index contributed by atoms with van der Waals surface area (Å²) in [5.74, 6) is -0.558. The van der Waals surface area contributed by atoms with Crippen molar-refractivity contribution in [1.29, 1.82) is 0 Å². The van der Waals surface area contributed by atoms with Crippen molar-refractivity contribution in [2.75, 3.05) is 13.2 Å². The van der Waals surface area contributed by atoms with E-state index in [1.165, 1.54) is 10.4 Å². The molecule has 1 aliphatic rings. The van der Waals surface area contributed by atoms with Crippen LogP contribution in [0.3, 0.4) is 0 Å². The summed E-state index contributed by atoms with van der Waals surface area (Å²) in [7, 11) is -3.69. The fraction of sp³-hybridized carbons (Fsp3) is 0.375. The van der Waals surface area contributed by atoms with E-state index < -0.39 is 16.0 Å². The molecule has 0 unspecified atom stereocenters. The molecule has 3 rings (SSSR count). The molecule has 0 saturated carbocycles. The van der Waals surface area contributed by atoms with E-state index in [2.05, 4.69) is 9.97 Å². The summed E-state index contributed by atoms with van der Waals surface area (Å²) >= 11 is 0. The van der Waals surface area contributed by atoms with Gasteiger partial charge in [-0.25, -0.2) is 13.2 Å². The lowest BCUT2D eigenvalue weighted by molar-refractivity contribution is 0.0520. The van der Waals surface area contributed by atoms with E-state index in [4.69, 9.17) is 4.74 Å². The highest BCUT2D eigenvalue weighted by atomic mass is 32.2. The van der Waals surface area contributed by atoms with Crippen LogP contribution in [0.25, 0.3) is 0 Å². The lowest BCUT2D eigenvalue weighted by Crippen LogP contribution is -2.36. The molecule has 24 heavy (non-hydrogen) atoms. The normalized spacial score (nSPS) is 15.1. The lowest BCUT2D eigenvalue weighted by atomic mass is 10.0. The van der Waals surface area contributed by atoms with Crippen LogP contribution in [0.2, 0.25) is 0 Å². The maximum Gasteiger partial charge on any atom is 0.354 e. The zero-order valence-electron chi connectivity index (χ0n) is 13.6. The van der Waals surface area contributed by atoms with Crippen LogP contribution in [0.5, 0.6) is 0 Å². The molecule has 128 valence electrons. The Morgan fingerprint density at radius 3 is 2.96 bits per heavy atom. The van der Waals surface area contributed by atoms with Crippen LogP contribution in [0.15, 0.2) is 29.4 Å². The average molecular weight is 349 g/mol. The molecule has 2 aromatic rings. The fourth-order valence-electron chi connectivity index (χ4n) is 2.82. The summed E-state index contributed by atoms with van der Waals surface area (Å²) < 4.78 is 32.2. The van der Waals surface area contributed by atoms with Crippen LogP contribution < -0.4 is 0 Å². The number of carbonyl (C=O) groups excluding carboxylic acids is 1. The first-order valence-corrected chi connectivity index (χ1v) is 9.16. The second-order valence-electron chi connectivity index (χ2n) is 5.63. The fourth-order valence-corrected chi connectivity index (χ4v) is 4.44. The maximum atomic E-state index is 12.9. The first-order valence-electron chi connectivity index (χ1n) is 7.72. The Morgan fingerprint density at radius 1 is 1.42 bits per heavy atom. The number of hydrogen-bond donors (Lipinski definition) is 1. The van der Waals surface area contributed by atoms with Gasteiger partial charge in [0, 0.05) is 31.2 Å². The van der Waals surface area contributed by atoms with Gasteiger partial charge in [0.15, 0.2) is 0 Å². The largest absolute Gasteiger partial charge is 0.461 e. The third-order valence-electron chi connectivity index (χ3n) is 4.06. The molecule has 0 amide bonds. The van der Waals surface area contributed by atoms with Gasteiger partial charge >= 0.3 is 5.97 Å². The lowest BCUT2D eigenvalue weighted by Gasteiger charge is -2.27. The third kappa shape index (κ3) is 2.94. The number of ether oxygens (including phenoxy) is 1. The molecule has 0 atom stereocenters. The summed E-state index contributed by atoms with van der Waals surface area (Å²) in [6.07, 6.45) is 4.06. The molecule has 0 spiro atoms. The highest BCUT2D eigenvalue weighted by Crippen LogP contribution is 2.27. The van der Waals surface area contributed by atoms with E-state index in [0.717, 1.165) is 11.1 Å². The predicted molar refractivity (Wildman–Crippen MR) is 87.0 cm³/mol. The van der Waals surface area contributed by atoms with Gasteiger partial charge in [-0.15, -0.1) is 0 Å². The second kappa shape index (κ2) is 6.37. The van der Waals surface area contributed by atoms with Crippen LogP contribution in [-0.2, 0) is 27.7 Å². The van der Waals surface area contributed by atoms with E-state index in [1.54, 1.807) is 26.2 Å². The van der Waals surface area contributed by atoms with Gasteiger partial charge in [0.1, 0.15) is 10.6 Å². The molecule has 0 saturated heterocycles. The zero-order chi connectivity index (χ0) is 17.3. The van der Waals surface area contributed by atoms with E-state index in [9.17, 15) is 13.2 Å². The summed E-state index contributed by atoms with van der Waals surface area (Å²) in [6, 6.07) is 3.19. The van der Waals surface area contributed by atoms with Gasteiger partial charge in [-0.3, -0.25) is 4.98 Å². The number of H-pyrrole nitrogens is 1. The summed E-state index contributed by atoms with van der Waals surface area (Å²) in [6.45, 7) is 4.26. The summed E-state index contributed by atoms with van der Waals surface area (Å²) in [5, 5.41) is 0. The van der Waals surface area contributed by atoms with Gasteiger partial charge in [0.05, 0.1) is 6.61 Å². The van der Waals surface area contributed by atoms with E-state index >= 15 is 0 Å². The Kier molecular flexibility index (Phi) is 4.42. The first kappa shape index (κ1) is 16.7. The number of aromatic nitrogens is 2. The van der Waals surface area contributed by atoms with Crippen molar-refractivity contribution in [1.82, 2.24) is 14.3 Å². The highest BCUT2D eigenvalue weighted by Gasteiger charge is 2.31. The monoisotopic (exact) mass is 349 g/mol. The molecule has 0 aromatic carbocycles. The molecule has 0 aliphatic carbocycles. The van der Waals surface area contributed by atoms with Crippen molar-refractivity contribution in [2.24, 2.45) is 0 Å². The van der Waals surface area contributed by atoms with Gasteiger partial charge in [0.25, 0.3) is 0 Å². The molecular weight excluding hydrogens is 330 g/mol. The maximum absolute atomic E-state index is 12.9. The van der Waals surface area contributed by atoms with Gasteiger partial charge in [-0.05, 0) is 43.5 Å². The number of aryl methyl sites for hydroxylation is 1. The molecule has 3 heterocycles. The summed E-state index contributed by atoms with van der Waals surface area (Å²) in [4.78, 5) is 18.8. The van der Waals surface area contributed by atoms with Gasteiger partial charge < -0.3 is 9.72 Å². The van der Waals surface area contributed by atoms with Crippen molar-refractivity contribution >= 4 is 16.0 Å². The highest BCUT2D eigenvalue weighted by molar-refractivity contribution is 7.89.